The van der Waals surface area contributed by atoms with E-state index < -0.39 is 24.0 Å². The summed E-state index contributed by atoms with van der Waals surface area (Å²) < 4.78 is 5.32. The van der Waals surface area contributed by atoms with E-state index in [-0.39, 0.29) is 0 Å². The Morgan fingerprint density at radius 3 is 2.68 bits per heavy atom. The summed E-state index contributed by atoms with van der Waals surface area (Å²) in [6.45, 7) is 0. The average Bonchev–Trinajstić information content (AvgIpc) is 2.92. The first-order chi connectivity index (χ1) is 9.18. The molecule has 1 aliphatic rings. The summed E-state index contributed by atoms with van der Waals surface area (Å²) in [5.74, 6) is -2.31. The highest BCUT2D eigenvalue weighted by Crippen LogP contribution is 2.42. The van der Waals surface area contributed by atoms with Crippen LogP contribution < -0.4 is 0 Å². The van der Waals surface area contributed by atoms with Gasteiger partial charge in [-0.1, -0.05) is 24.3 Å². The quantitative estimate of drug-likeness (QED) is 0.855. The number of thiophene rings is 1. The fourth-order valence-electron chi connectivity index (χ4n) is 2.30. The van der Waals surface area contributed by atoms with Crippen molar-refractivity contribution in [3.8, 4) is 0 Å². The van der Waals surface area contributed by atoms with Gasteiger partial charge >= 0.3 is 11.9 Å². The van der Waals surface area contributed by atoms with Crippen LogP contribution in [0.15, 0.2) is 41.8 Å². The fourth-order valence-corrected chi connectivity index (χ4v) is 3.09. The largest absolute Gasteiger partial charge is 0.481 e. The first kappa shape index (κ1) is 11.9. The summed E-state index contributed by atoms with van der Waals surface area (Å²) in [6.07, 6.45) is -0.750. The molecule has 0 saturated heterocycles. The van der Waals surface area contributed by atoms with Crippen molar-refractivity contribution in [2.75, 3.05) is 0 Å². The zero-order valence-corrected chi connectivity index (χ0v) is 10.6. The first-order valence-corrected chi connectivity index (χ1v) is 6.62. The van der Waals surface area contributed by atoms with Crippen LogP contribution in [0.3, 0.4) is 0 Å². The number of ether oxygens (including phenoxy) is 1. The molecule has 0 fully saturated rings. The highest BCUT2D eigenvalue weighted by molar-refractivity contribution is 7.10. The predicted molar refractivity (Wildman–Crippen MR) is 69.3 cm³/mol. The maximum absolute atomic E-state index is 11.9. The second-order valence-corrected chi connectivity index (χ2v) is 5.22. The molecule has 1 aliphatic heterocycles. The van der Waals surface area contributed by atoms with Gasteiger partial charge in [0.2, 0.25) is 0 Å². The van der Waals surface area contributed by atoms with Crippen molar-refractivity contribution < 1.29 is 19.4 Å². The molecule has 0 saturated carbocycles. The Hall–Kier alpha value is -2.14. The summed E-state index contributed by atoms with van der Waals surface area (Å²) in [6, 6.07) is 10.3. The Morgan fingerprint density at radius 1 is 1.21 bits per heavy atom. The zero-order valence-electron chi connectivity index (χ0n) is 9.78. The third-order valence-corrected chi connectivity index (χ3v) is 4.08. The molecule has 0 amide bonds. The topological polar surface area (TPSA) is 63.6 Å². The minimum absolute atomic E-state index is 0.336. The van der Waals surface area contributed by atoms with Gasteiger partial charge in [-0.05, 0) is 23.1 Å². The van der Waals surface area contributed by atoms with Gasteiger partial charge < -0.3 is 9.84 Å². The Labute approximate surface area is 113 Å². The van der Waals surface area contributed by atoms with E-state index in [2.05, 4.69) is 0 Å². The molecule has 19 heavy (non-hydrogen) atoms. The lowest BCUT2D eigenvalue weighted by Gasteiger charge is -2.29. The molecular formula is C14H10O4S. The molecule has 96 valence electrons. The summed E-state index contributed by atoms with van der Waals surface area (Å²) in [4.78, 5) is 24.2. The molecule has 0 spiro atoms. The van der Waals surface area contributed by atoms with Crippen molar-refractivity contribution in [1.82, 2.24) is 0 Å². The van der Waals surface area contributed by atoms with Crippen LogP contribution in [0.4, 0.5) is 0 Å². The van der Waals surface area contributed by atoms with Crippen molar-refractivity contribution in [3.63, 3.8) is 0 Å². The second-order valence-electron chi connectivity index (χ2n) is 4.24. The zero-order chi connectivity index (χ0) is 13.4. The molecule has 1 aromatic heterocycles. The fraction of sp³-hybridized carbons (Fsp3) is 0.143. The lowest BCUT2D eigenvalue weighted by molar-refractivity contribution is -0.142. The molecular weight excluding hydrogens is 264 g/mol. The lowest BCUT2D eigenvalue weighted by Crippen LogP contribution is -2.30. The lowest BCUT2D eigenvalue weighted by atomic mass is 9.86. The number of carboxylic acid groups (broad SMARTS) is 1. The molecule has 0 aliphatic carbocycles. The molecule has 2 aromatic rings. The highest BCUT2D eigenvalue weighted by atomic mass is 32.1. The van der Waals surface area contributed by atoms with Crippen molar-refractivity contribution in [2.24, 2.45) is 0 Å². The maximum atomic E-state index is 11.9. The van der Waals surface area contributed by atoms with Crippen molar-refractivity contribution in [1.29, 1.82) is 0 Å². The van der Waals surface area contributed by atoms with Crippen LogP contribution in [-0.4, -0.2) is 17.0 Å². The Bertz CT molecular complexity index is 633. The van der Waals surface area contributed by atoms with Crippen LogP contribution >= 0.6 is 11.3 Å². The smallest absolute Gasteiger partial charge is 0.339 e. The molecule has 0 bridgehead atoms. The van der Waals surface area contributed by atoms with Gasteiger partial charge in [0.25, 0.3) is 0 Å². The summed E-state index contributed by atoms with van der Waals surface area (Å²) in [5.41, 5.74) is 0.854. The van der Waals surface area contributed by atoms with Gasteiger partial charge in [0, 0.05) is 4.88 Å². The highest BCUT2D eigenvalue weighted by Gasteiger charge is 2.41. The summed E-state index contributed by atoms with van der Waals surface area (Å²) in [5, 5.41) is 11.3. The van der Waals surface area contributed by atoms with Gasteiger partial charge in [-0.3, -0.25) is 4.79 Å². The maximum Gasteiger partial charge on any atom is 0.339 e. The number of hydrogen-bond acceptors (Lipinski definition) is 4. The predicted octanol–water partition coefficient (Wildman–Crippen LogP) is 2.83. The van der Waals surface area contributed by atoms with E-state index in [9.17, 15) is 14.7 Å². The van der Waals surface area contributed by atoms with Gasteiger partial charge in [0.15, 0.2) is 6.10 Å². The Morgan fingerprint density at radius 2 is 2.00 bits per heavy atom. The van der Waals surface area contributed by atoms with Gasteiger partial charge in [-0.2, -0.15) is 0 Å². The Balaban J connectivity index is 2.14. The number of rotatable bonds is 2. The molecule has 2 heterocycles. The van der Waals surface area contributed by atoms with Crippen LogP contribution in [0.2, 0.25) is 0 Å². The molecule has 0 unspecified atom stereocenters. The molecule has 2 atom stereocenters. The molecule has 1 aromatic carbocycles. The minimum atomic E-state index is -0.988. The number of carbonyl (C=O) groups excluding carboxylic acids is 1. The number of fused-ring (bicyclic) bond motifs is 1. The number of esters is 1. The number of hydrogen-bond donors (Lipinski definition) is 1. The van der Waals surface area contributed by atoms with Crippen molar-refractivity contribution >= 4 is 23.3 Å². The number of aliphatic carboxylic acids is 1. The van der Waals surface area contributed by atoms with Gasteiger partial charge in [-0.25, -0.2) is 4.79 Å². The van der Waals surface area contributed by atoms with E-state index >= 15 is 0 Å². The third kappa shape index (κ3) is 1.92. The molecule has 0 radical (unpaired) electrons. The molecule has 5 heteroatoms. The molecule has 3 rings (SSSR count). The van der Waals surface area contributed by atoms with Crippen LogP contribution in [0.25, 0.3) is 0 Å². The van der Waals surface area contributed by atoms with Crippen molar-refractivity contribution in [2.45, 2.75) is 12.0 Å². The van der Waals surface area contributed by atoms with E-state index in [0.29, 0.717) is 11.1 Å². The van der Waals surface area contributed by atoms with Crippen molar-refractivity contribution in [3.05, 3.63) is 57.8 Å². The number of cyclic esters (lactones) is 1. The summed E-state index contributed by atoms with van der Waals surface area (Å²) >= 11 is 1.39. The second kappa shape index (κ2) is 4.51. The molecule has 1 N–H and O–H groups in total. The Kier molecular flexibility index (Phi) is 2.83. The van der Waals surface area contributed by atoms with Crippen LogP contribution in [0, 0.1) is 0 Å². The monoisotopic (exact) mass is 274 g/mol. The van der Waals surface area contributed by atoms with Gasteiger partial charge in [-0.15, -0.1) is 11.3 Å². The van der Waals surface area contributed by atoms with E-state index in [1.54, 1.807) is 30.3 Å². The number of carboxylic acids is 1. The first-order valence-electron chi connectivity index (χ1n) is 5.74. The van der Waals surface area contributed by atoms with Crippen LogP contribution in [0.5, 0.6) is 0 Å². The molecule has 4 nitrogen and oxygen atoms in total. The normalized spacial score (nSPS) is 21.6. The standard InChI is InChI=1S/C14H10O4S/c15-13(16)11-8-4-1-2-5-9(8)14(17)18-12(11)10-6-3-7-19-10/h1-7,11-12H,(H,15,16)/t11-,12-/m1/s1. The minimum Gasteiger partial charge on any atom is -0.481 e. The van der Waals surface area contributed by atoms with E-state index in [1.165, 1.54) is 11.3 Å². The number of benzene rings is 1. The SMILES string of the molecule is O=C1O[C@H](c2cccs2)[C@H](C(=O)O)c2ccccc21. The van der Waals surface area contributed by atoms with E-state index in [0.717, 1.165) is 4.88 Å². The van der Waals surface area contributed by atoms with E-state index in [1.807, 2.05) is 11.4 Å². The third-order valence-electron chi connectivity index (χ3n) is 3.14. The van der Waals surface area contributed by atoms with Gasteiger partial charge in [0.05, 0.1) is 5.56 Å². The van der Waals surface area contributed by atoms with E-state index in [4.69, 9.17) is 4.74 Å². The average molecular weight is 274 g/mol. The van der Waals surface area contributed by atoms with Gasteiger partial charge in [0.1, 0.15) is 5.92 Å². The van der Waals surface area contributed by atoms with Crippen LogP contribution in [-0.2, 0) is 9.53 Å². The number of carbonyl (C=O) groups is 2. The summed E-state index contributed by atoms with van der Waals surface area (Å²) in [7, 11) is 0. The van der Waals surface area contributed by atoms with Crippen LogP contribution in [0.1, 0.15) is 32.8 Å².